The summed E-state index contributed by atoms with van der Waals surface area (Å²) in [6.45, 7) is 8.13. The molecule has 0 amide bonds. The summed E-state index contributed by atoms with van der Waals surface area (Å²) in [6, 6.07) is 0. The van der Waals surface area contributed by atoms with E-state index in [9.17, 15) is 4.79 Å². The molecule has 4 nitrogen and oxygen atoms in total. The van der Waals surface area contributed by atoms with Crippen LogP contribution in [0.25, 0.3) is 0 Å². The van der Waals surface area contributed by atoms with Gasteiger partial charge in [0.1, 0.15) is 6.10 Å². The molecular formula is C23H36O4. The van der Waals surface area contributed by atoms with Crippen LogP contribution in [0.15, 0.2) is 0 Å². The summed E-state index contributed by atoms with van der Waals surface area (Å²) in [5.74, 6) is 2.71. The SMILES string of the molecule is CC(=O)O[C@@H]1CC[C@@]2(C)[C@@H](CC[C@@H]3[C@H]4CCC5(OCCO5)[C@@]4(C)CC[C@@H]32)C1. The van der Waals surface area contributed by atoms with Crippen molar-refractivity contribution in [2.45, 2.75) is 90.4 Å². The molecule has 0 aromatic heterocycles. The lowest BCUT2D eigenvalue weighted by atomic mass is 9.45. The fourth-order valence-electron chi connectivity index (χ4n) is 8.45. The average Bonchev–Trinajstić information content (AvgIpc) is 3.21. The maximum absolute atomic E-state index is 11.4. The third kappa shape index (κ3) is 2.51. The Morgan fingerprint density at radius 2 is 1.67 bits per heavy atom. The van der Waals surface area contributed by atoms with Gasteiger partial charge in [-0.25, -0.2) is 0 Å². The first-order valence-corrected chi connectivity index (χ1v) is 11.3. The molecule has 5 fully saturated rings. The van der Waals surface area contributed by atoms with Crippen LogP contribution in [0.1, 0.15) is 78.6 Å². The van der Waals surface area contributed by atoms with Crippen molar-refractivity contribution in [1.82, 2.24) is 0 Å². The van der Waals surface area contributed by atoms with Crippen LogP contribution in [0.4, 0.5) is 0 Å². The largest absolute Gasteiger partial charge is 0.463 e. The summed E-state index contributed by atoms with van der Waals surface area (Å²) in [5, 5.41) is 0. The lowest BCUT2D eigenvalue weighted by molar-refractivity contribution is -0.248. The van der Waals surface area contributed by atoms with Crippen LogP contribution in [0.3, 0.4) is 0 Å². The summed E-state index contributed by atoms with van der Waals surface area (Å²) in [7, 11) is 0. The van der Waals surface area contributed by atoms with Crippen molar-refractivity contribution in [2.75, 3.05) is 13.2 Å². The van der Waals surface area contributed by atoms with E-state index < -0.39 is 0 Å². The summed E-state index contributed by atoms with van der Waals surface area (Å²) in [6.07, 6.45) is 11.1. The molecule has 4 saturated carbocycles. The van der Waals surface area contributed by atoms with Gasteiger partial charge in [0.05, 0.1) is 13.2 Å². The van der Waals surface area contributed by atoms with E-state index in [1.807, 2.05) is 0 Å². The second kappa shape index (κ2) is 6.19. The Kier molecular flexibility index (Phi) is 4.22. The number of rotatable bonds is 1. The number of fused-ring (bicyclic) bond motifs is 6. The lowest BCUT2D eigenvalue weighted by Gasteiger charge is -2.61. The second-order valence-corrected chi connectivity index (χ2v) is 10.6. The van der Waals surface area contributed by atoms with Crippen molar-refractivity contribution < 1.29 is 19.0 Å². The highest BCUT2D eigenvalue weighted by Crippen LogP contribution is 2.69. The van der Waals surface area contributed by atoms with Gasteiger partial charge in [-0.3, -0.25) is 4.79 Å². The normalized spacial score (nSPS) is 50.7. The van der Waals surface area contributed by atoms with E-state index in [2.05, 4.69) is 13.8 Å². The van der Waals surface area contributed by atoms with Crippen molar-refractivity contribution in [2.24, 2.45) is 34.5 Å². The topological polar surface area (TPSA) is 44.8 Å². The predicted octanol–water partition coefficient (Wildman–Crippen LogP) is 4.70. The van der Waals surface area contributed by atoms with Gasteiger partial charge in [0.15, 0.2) is 5.79 Å². The third-order valence-corrected chi connectivity index (χ3v) is 9.75. The fraction of sp³-hybridized carbons (Fsp3) is 0.957. The van der Waals surface area contributed by atoms with Gasteiger partial charge >= 0.3 is 5.97 Å². The van der Waals surface area contributed by atoms with E-state index >= 15 is 0 Å². The van der Waals surface area contributed by atoms with E-state index in [0.29, 0.717) is 5.41 Å². The Bertz CT molecular complexity index is 611. The van der Waals surface area contributed by atoms with Crippen molar-refractivity contribution in [3.05, 3.63) is 0 Å². The van der Waals surface area contributed by atoms with E-state index in [1.165, 1.54) is 38.5 Å². The summed E-state index contributed by atoms with van der Waals surface area (Å²) >= 11 is 0. The highest BCUT2D eigenvalue weighted by Gasteiger charge is 2.67. The number of hydrogen-bond donors (Lipinski definition) is 0. The number of hydrogen-bond acceptors (Lipinski definition) is 4. The number of carbonyl (C=O) groups is 1. The maximum atomic E-state index is 11.4. The molecule has 0 radical (unpaired) electrons. The van der Waals surface area contributed by atoms with Crippen molar-refractivity contribution in [1.29, 1.82) is 0 Å². The molecule has 1 aliphatic heterocycles. The van der Waals surface area contributed by atoms with Crippen LogP contribution < -0.4 is 0 Å². The zero-order valence-electron chi connectivity index (χ0n) is 17.3. The zero-order valence-corrected chi connectivity index (χ0v) is 17.3. The van der Waals surface area contributed by atoms with Crippen LogP contribution in [-0.4, -0.2) is 31.1 Å². The van der Waals surface area contributed by atoms with E-state index in [4.69, 9.17) is 14.2 Å². The molecule has 1 spiro atoms. The second-order valence-electron chi connectivity index (χ2n) is 10.6. The van der Waals surface area contributed by atoms with Gasteiger partial charge in [0.25, 0.3) is 0 Å². The first-order chi connectivity index (χ1) is 12.9. The Hall–Kier alpha value is -0.610. The maximum Gasteiger partial charge on any atom is 0.302 e. The van der Waals surface area contributed by atoms with Crippen molar-refractivity contribution in [3.8, 4) is 0 Å². The molecule has 152 valence electrons. The van der Waals surface area contributed by atoms with Gasteiger partial charge in [0.2, 0.25) is 0 Å². The Morgan fingerprint density at radius 3 is 2.41 bits per heavy atom. The summed E-state index contributed by atoms with van der Waals surface area (Å²) in [4.78, 5) is 11.4. The first kappa shape index (κ1) is 18.4. The molecule has 4 aliphatic carbocycles. The minimum atomic E-state index is -0.284. The monoisotopic (exact) mass is 376 g/mol. The summed E-state index contributed by atoms with van der Waals surface area (Å²) in [5.41, 5.74) is 0.622. The lowest BCUT2D eigenvalue weighted by Crippen LogP contribution is -2.57. The van der Waals surface area contributed by atoms with Crippen LogP contribution >= 0.6 is 0 Å². The van der Waals surface area contributed by atoms with Gasteiger partial charge in [0, 0.05) is 18.8 Å². The Morgan fingerprint density at radius 1 is 0.926 bits per heavy atom. The van der Waals surface area contributed by atoms with E-state index in [1.54, 1.807) is 6.92 Å². The van der Waals surface area contributed by atoms with Crippen molar-refractivity contribution in [3.63, 3.8) is 0 Å². The standard InChI is InChI=1S/C23H36O4/c1-15(24)27-17-6-9-21(2)16(14-17)4-5-18-19(21)7-10-22(3)20(18)8-11-23(22)25-12-13-26-23/h16-20H,4-14H2,1-3H3/t16-,17+,18-,19-,20+,21-,22-/m0/s1. The quantitative estimate of drug-likeness (QED) is 0.622. The molecule has 27 heavy (non-hydrogen) atoms. The molecule has 0 aromatic carbocycles. The van der Waals surface area contributed by atoms with Gasteiger partial charge in [-0.1, -0.05) is 13.8 Å². The number of carbonyl (C=O) groups excluding carboxylic acids is 1. The Balaban J connectivity index is 1.37. The molecular weight excluding hydrogens is 340 g/mol. The summed E-state index contributed by atoms with van der Waals surface area (Å²) < 4.78 is 18.1. The molecule has 0 N–H and O–H groups in total. The molecule has 1 heterocycles. The molecule has 0 aromatic rings. The molecule has 0 bridgehead atoms. The van der Waals surface area contributed by atoms with Crippen LogP contribution in [-0.2, 0) is 19.0 Å². The van der Waals surface area contributed by atoms with Crippen molar-refractivity contribution >= 4 is 5.97 Å². The third-order valence-electron chi connectivity index (χ3n) is 9.75. The molecule has 1 saturated heterocycles. The van der Waals surface area contributed by atoms with Gasteiger partial charge in [-0.05, 0) is 80.5 Å². The van der Waals surface area contributed by atoms with Crippen LogP contribution in [0, 0.1) is 34.5 Å². The molecule has 7 atom stereocenters. The number of ether oxygens (including phenoxy) is 3. The van der Waals surface area contributed by atoms with Gasteiger partial charge in [-0.15, -0.1) is 0 Å². The molecule has 5 aliphatic rings. The average molecular weight is 377 g/mol. The van der Waals surface area contributed by atoms with Crippen LogP contribution in [0.5, 0.6) is 0 Å². The van der Waals surface area contributed by atoms with E-state index in [-0.39, 0.29) is 23.3 Å². The highest BCUT2D eigenvalue weighted by atomic mass is 16.7. The Labute approximate surface area is 163 Å². The zero-order chi connectivity index (χ0) is 18.9. The molecule has 4 heteroatoms. The smallest absolute Gasteiger partial charge is 0.302 e. The number of esters is 1. The van der Waals surface area contributed by atoms with Gasteiger partial charge < -0.3 is 14.2 Å². The molecule has 0 unspecified atom stereocenters. The minimum absolute atomic E-state index is 0.112. The predicted molar refractivity (Wildman–Crippen MR) is 102 cm³/mol. The van der Waals surface area contributed by atoms with Crippen LogP contribution in [0.2, 0.25) is 0 Å². The highest BCUT2D eigenvalue weighted by molar-refractivity contribution is 5.66. The fourth-order valence-corrected chi connectivity index (χ4v) is 8.45. The molecule has 5 rings (SSSR count). The van der Waals surface area contributed by atoms with E-state index in [0.717, 1.165) is 56.1 Å². The van der Waals surface area contributed by atoms with Gasteiger partial charge in [-0.2, -0.15) is 0 Å². The minimum Gasteiger partial charge on any atom is -0.463 e. The first-order valence-electron chi connectivity index (χ1n) is 11.3.